The Labute approximate surface area is 189 Å². The number of halogens is 1. The van der Waals surface area contributed by atoms with Crippen LogP contribution in [0.4, 0.5) is 4.39 Å². The lowest BCUT2D eigenvalue weighted by molar-refractivity contribution is 0.0953. The summed E-state index contributed by atoms with van der Waals surface area (Å²) in [4.78, 5) is 25.1. The lowest BCUT2D eigenvalue weighted by Gasteiger charge is -2.08. The Balaban J connectivity index is 1.24. The summed E-state index contributed by atoms with van der Waals surface area (Å²) in [5.74, 6) is 1.23. The van der Waals surface area contributed by atoms with E-state index in [1.54, 1.807) is 36.5 Å². The number of H-pyrrole nitrogens is 1. The molecule has 0 aliphatic rings. The zero-order valence-electron chi connectivity index (χ0n) is 17.7. The molecule has 0 fully saturated rings. The largest absolute Gasteiger partial charge is 0.436 e. The minimum absolute atomic E-state index is 0.197. The van der Waals surface area contributed by atoms with E-state index in [4.69, 9.17) is 4.42 Å². The highest BCUT2D eigenvalue weighted by Gasteiger charge is 2.17. The van der Waals surface area contributed by atoms with E-state index in [2.05, 4.69) is 20.3 Å². The predicted octanol–water partition coefficient (Wildman–Crippen LogP) is 5.39. The van der Waals surface area contributed by atoms with Crippen molar-refractivity contribution in [1.29, 1.82) is 0 Å². The second-order valence-electron chi connectivity index (χ2n) is 7.64. The van der Waals surface area contributed by atoms with Gasteiger partial charge in [0.25, 0.3) is 5.91 Å². The lowest BCUT2D eigenvalue weighted by Crippen LogP contribution is -2.25. The highest BCUT2D eigenvalue weighted by molar-refractivity contribution is 6.00. The van der Waals surface area contributed by atoms with Gasteiger partial charge in [0, 0.05) is 24.1 Å². The fraction of sp³-hybridized carbons (Fsp3) is 0.115. The number of oxazole rings is 1. The van der Waals surface area contributed by atoms with Gasteiger partial charge in [-0.15, -0.1) is 0 Å². The number of para-hydroxylation sites is 2. The molecule has 0 saturated heterocycles. The third kappa shape index (κ3) is 4.52. The van der Waals surface area contributed by atoms with Gasteiger partial charge in [-0.1, -0.05) is 24.3 Å². The molecule has 0 aliphatic heterocycles. The highest BCUT2D eigenvalue weighted by atomic mass is 19.1. The number of amides is 1. The van der Waals surface area contributed by atoms with Crippen molar-refractivity contribution in [2.75, 3.05) is 6.54 Å². The summed E-state index contributed by atoms with van der Waals surface area (Å²) in [5, 5.41) is 2.97. The summed E-state index contributed by atoms with van der Waals surface area (Å²) in [6.07, 6.45) is 3.06. The summed E-state index contributed by atoms with van der Waals surface area (Å²) in [6, 6.07) is 21.0. The molecule has 0 saturated carbocycles. The fourth-order valence-corrected chi connectivity index (χ4v) is 3.69. The number of rotatable bonds is 7. The number of aromatic amines is 1. The number of carbonyl (C=O) groups is 1. The van der Waals surface area contributed by atoms with Crippen molar-refractivity contribution in [2.45, 2.75) is 12.8 Å². The van der Waals surface area contributed by atoms with Crippen LogP contribution in [0.15, 0.2) is 83.4 Å². The molecule has 0 unspecified atom stereocenters. The second kappa shape index (κ2) is 9.08. The van der Waals surface area contributed by atoms with E-state index in [-0.39, 0.29) is 11.7 Å². The van der Waals surface area contributed by atoms with Crippen molar-refractivity contribution in [2.24, 2.45) is 0 Å². The van der Waals surface area contributed by atoms with Gasteiger partial charge in [-0.05, 0) is 55.0 Å². The Morgan fingerprint density at radius 1 is 1.00 bits per heavy atom. The number of benzene rings is 3. The SMILES string of the molecule is O=C(NCCCc1nc2ccccc2[nH]1)c1ccccc1-c1ncc(-c2ccc(F)cc2)o1. The van der Waals surface area contributed by atoms with Crippen LogP contribution in [-0.4, -0.2) is 27.4 Å². The lowest BCUT2D eigenvalue weighted by atomic mass is 10.1. The molecule has 7 heteroatoms. The van der Waals surface area contributed by atoms with E-state index in [1.165, 1.54) is 12.1 Å². The number of carbonyl (C=O) groups excluding carboxylic acids is 1. The van der Waals surface area contributed by atoms with Crippen molar-refractivity contribution < 1.29 is 13.6 Å². The van der Waals surface area contributed by atoms with E-state index in [1.807, 2.05) is 30.3 Å². The third-order valence-corrected chi connectivity index (χ3v) is 5.35. The zero-order chi connectivity index (χ0) is 22.6. The summed E-state index contributed by atoms with van der Waals surface area (Å²) in [5.41, 5.74) is 3.74. The van der Waals surface area contributed by atoms with Crippen LogP contribution >= 0.6 is 0 Å². The maximum atomic E-state index is 13.2. The molecule has 1 amide bonds. The molecule has 33 heavy (non-hydrogen) atoms. The Morgan fingerprint density at radius 3 is 2.64 bits per heavy atom. The van der Waals surface area contributed by atoms with Crippen LogP contribution in [0.1, 0.15) is 22.6 Å². The molecule has 2 heterocycles. The van der Waals surface area contributed by atoms with Crippen LogP contribution in [0, 0.1) is 5.82 Å². The van der Waals surface area contributed by atoms with Crippen LogP contribution in [0.3, 0.4) is 0 Å². The molecular weight excluding hydrogens is 419 g/mol. The van der Waals surface area contributed by atoms with Crippen molar-refractivity contribution in [3.8, 4) is 22.8 Å². The minimum atomic E-state index is -0.319. The van der Waals surface area contributed by atoms with Crippen LogP contribution in [0.2, 0.25) is 0 Å². The van der Waals surface area contributed by atoms with Crippen molar-refractivity contribution in [1.82, 2.24) is 20.3 Å². The minimum Gasteiger partial charge on any atom is -0.436 e. The zero-order valence-corrected chi connectivity index (χ0v) is 17.7. The molecule has 5 aromatic rings. The number of fused-ring (bicyclic) bond motifs is 1. The van der Waals surface area contributed by atoms with E-state index >= 15 is 0 Å². The first-order valence-corrected chi connectivity index (χ1v) is 10.7. The Bertz CT molecular complexity index is 1370. The Morgan fingerprint density at radius 2 is 1.79 bits per heavy atom. The predicted molar refractivity (Wildman–Crippen MR) is 124 cm³/mol. The normalized spacial score (nSPS) is 11.1. The van der Waals surface area contributed by atoms with E-state index in [0.717, 1.165) is 29.7 Å². The third-order valence-electron chi connectivity index (χ3n) is 5.35. The number of aromatic nitrogens is 3. The number of aryl methyl sites for hydroxylation is 1. The molecule has 0 atom stereocenters. The molecule has 2 aromatic heterocycles. The topological polar surface area (TPSA) is 83.8 Å². The van der Waals surface area contributed by atoms with E-state index in [0.29, 0.717) is 34.9 Å². The summed E-state index contributed by atoms with van der Waals surface area (Å²) >= 11 is 0. The van der Waals surface area contributed by atoms with Crippen molar-refractivity contribution in [3.63, 3.8) is 0 Å². The maximum absolute atomic E-state index is 13.2. The van der Waals surface area contributed by atoms with Crippen LogP contribution in [-0.2, 0) is 6.42 Å². The summed E-state index contributed by atoms with van der Waals surface area (Å²) in [7, 11) is 0. The molecule has 0 bridgehead atoms. The van der Waals surface area contributed by atoms with Crippen LogP contribution in [0.5, 0.6) is 0 Å². The van der Waals surface area contributed by atoms with Gasteiger partial charge in [0.2, 0.25) is 5.89 Å². The number of imidazole rings is 1. The maximum Gasteiger partial charge on any atom is 0.252 e. The molecule has 2 N–H and O–H groups in total. The Kier molecular flexibility index (Phi) is 5.68. The van der Waals surface area contributed by atoms with E-state index in [9.17, 15) is 9.18 Å². The molecule has 0 radical (unpaired) electrons. The van der Waals surface area contributed by atoms with Crippen molar-refractivity contribution in [3.05, 3.63) is 96.2 Å². The van der Waals surface area contributed by atoms with Crippen LogP contribution < -0.4 is 5.32 Å². The fourth-order valence-electron chi connectivity index (χ4n) is 3.69. The Hall–Kier alpha value is -4.26. The van der Waals surface area contributed by atoms with Gasteiger partial charge >= 0.3 is 0 Å². The molecule has 6 nitrogen and oxygen atoms in total. The van der Waals surface area contributed by atoms with Gasteiger partial charge in [-0.2, -0.15) is 0 Å². The van der Waals surface area contributed by atoms with Gasteiger partial charge in [-0.25, -0.2) is 14.4 Å². The molecule has 164 valence electrons. The molecule has 3 aromatic carbocycles. The van der Waals surface area contributed by atoms with Crippen LogP contribution in [0.25, 0.3) is 33.8 Å². The van der Waals surface area contributed by atoms with Gasteiger partial charge in [0.1, 0.15) is 11.6 Å². The van der Waals surface area contributed by atoms with Crippen molar-refractivity contribution >= 4 is 16.9 Å². The average Bonchev–Trinajstić information content (AvgIpc) is 3.49. The first-order valence-electron chi connectivity index (χ1n) is 10.7. The average molecular weight is 440 g/mol. The molecular formula is C26H21FN4O2. The van der Waals surface area contributed by atoms with E-state index < -0.39 is 0 Å². The number of hydrogen-bond donors (Lipinski definition) is 2. The first kappa shape index (κ1) is 20.6. The number of nitrogens with one attached hydrogen (secondary N) is 2. The summed E-state index contributed by atoms with van der Waals surface area (Å²) in [6.45, 7) is 0.511. The van der Waals surface area contributed by atoms with Gasteiger partial charge < -0.3 is 14.7 Å². The quantitative estimate of drug-likeness (QED) is 0.333. The molecule has 0 spiro atoms. The first-order chi connectivity index (χ1) is 16.2. The smallest absolute Gasteiger partial charge is 0.252 e. The monoisotopic (exact) mass is 440 g/mol. The van der Waals surface area contributed by atoms with Gasteiger partial charge in [0.05, 0.1) is 22.8 Å². The standard InChI is InChI=1S/C26H21FN4O2/c27-18-13-11-17(12-14-18)23-16-29-26(33-23)20-7-2-1-6-19(20)25(32)28-15-5-10-24-30-21-8-3-4-9-22(21)31-24/h1-4,6-9,11-14,16H,5,10,15H2,(H,28,32)(H,30,31). The highest BCUT2D eigenvalue weighted by Crippen LogP contribution is 2.28. The molecule has 5 rings (SSSR count). The summed E-state index contributed by atoms with van der Waals surface area (Å²) < 4.78 is 19.1. The van der Waals surface area contributed by atoms with Gasteiger partial charge in [-0.3, -0.25) is 4.79 Å². The number of hydrogen-bond acceptors (Lipinski definition) is 4. The molecule has 0 aliphatic carbocycles. The number of nitrogens with zero attached hydrogens (tertiary/aromatic N) is 2. The second-order valence-corrected chi connectivity index (χ2v) is 7.64. The van der Waals surface area contributed by atoms with Gasteiger partial charge in [0.15, 0.2) is 5.76 Å².